The largest absolute Gasteiger partial charge is 0.274 e. The number of benzene rings is 1. The van der Waals surface area contributed by atoms with E-state index in [1.165, 1.54) is 4.90 Å². The van der Waals surface area contributed by atoms with Gasteiger partial charge in [0.25, 0.3) is 11.8 Å². The van der Waals surface area contributed by atoms with Crippen LogP contribution < -0.4 is 0 Å². The number of aromatic nitrogens is 1. The van der Waals surface area contributed by atoms with E-state index in [4.69, 9.17) is 11.6 Å². The van der Waals surface area contributed by atoms with Crippen molar-refractivity contribution in [3.63, 3.8) is 0 Å². The minimum atomic E-state index is -0.243. The second-order valence-electron chi connectivity index (χ2n) is 4.52. The van der Waals surface area contributed by atoms with Crippen LogP contribution in [-0.2, 0) is 6.42 Å². The topological polar surface area (TPSA) is 50.3 Å². The van der Waals surface area contributed by atoms with Crippen molar-refractivity contribution in [2.75, 3.05) is 6.54 Å². The summed E-state index contributed by atoms with van der Waals surface area (Å²) in [5, 5.41) is 0.595. The van der Waals surface area contributed by atoms with Crippen molar-refractivity contribution in [1.29, 1.82) is 0 Å². The number of hydrogen-bond acceptors (Lipinski definition) is 3. The Morgan fingerprint density at radius 3 is 2.30 bits per heavy atom. The smallest absolute Gasteiger partial charge is 0.261 e. The number of rotatable bonds is 3. The highest BCUT2D eigenvalue weighted by atomic mass is 35.5. The van der Waals surface area contributed by atoms with Crippen molar-refractivity contribution >= 4 is 23.4 Å². The van der Waals surface area contributed by atoms with Gasteiger partial charge >= 0.3 is 0 Å². The normalized spacial score (nSPS) is 13.8. The molecule has 0 spiro atoms. The third kappa shape index (κ3) is 2.18. The molecule has 5 heteroatoms. The number of halogens is 1. The molecule has 1 aliphatic heterocycles. The van der Waals surface area contributed by atoms with Crippen LogP contribution in [-0.4, -0.2) is 28.2 Å². The molecular formula is C15H11ClN2O2. The number of imide groups is 1. The minimum absolute atomic E-state index is 0.243. The molecule has 3 rings (SSSR count). The van der Waals surface area contributed by atoms with Crippen molar-refractivity contribution in [1.82, 2.24) is 9.88 Å². The lowest BCUT2D eigenvalue weighted by Crippen LogP contribution is -2.31. The molecule has 20 heavy (non-hydrogen) atoms. The first-order valence-electron chi connectivity index (χ1n) is 6.22. The summed E-state index contributed by atoms with van der Waals surface area (Å²) in [6, 6.07) is 10.3. The number of carbonyl (C=O) groups excluding carboxylic acids is 2. The van der Waals surface area contributed by atoms with E-state index in [0.29, 0.717) is 29.1 Å². The van der Waals surface area contributed by atoms with Gasteiger partial charge in [0.15, 0.2) is 0 Å². The minimum Gasteiger partial charge on any atom is -0.274 e. The third-order valence-electron chi connectivity index (χ3n) is 3.25. The van der Waals surface area contributed by atoms with Crippen LogP contribution in [0, 0.1) is 0 Å². The van der Waals surface area contributed by atoms with E-state index in [-0.39, 0.29) is 11.8 Å². The Hall–Kier alpha value is -2.20. The molecule has 2 heterocycles. The van der Waals surface area contributed by atoms with E-state index in [1.54, 1.807) is 42.6 Å². The van der Waals surface area contributed by atoms with E-state index in [2.05, 4.69) is 4.98 Å². The molecule has 1 aromatic heterocycles. The lowest BCUT2D eigenvalue weighted by atomic mass is 10.1. The first-order valence-corrected chi connectivity index (χ1v) is 6.60. The summed E-state index contributed by atoms with van der Waals surface area (Å²) < 4.78 is 0. The van der Waals surface area contributed by atoms with Crippen LogP contribution in [0.4, 0.5) is 0 Å². The van der Waals surface area contributed by atoms with Gasteiger partial charge in [-0.25, -0.2) is 0 Å². The molecule has 0 bridgehead atoms. The molecule has 0 atom stereocenters. The molecule has 0 fully saturated rings. The highest BCUT2D eigenvalue weighted by Gasteiger charge is 2.34. The summed E-state index contributed by atoms with van der Waals surface area (Å²) in [6.45, 7) is 0.305. The maximum absolute atomic E-state index is 12.2. The van der Waals surface area contributed by atoms with E-state index >= 15 is 0 Å². The van der Waals surface area contributed by atoms with E-state index in [9.17, 15) is 9.59 Å². The highest BCUT2D eigenvalue weighted by molar-refractivity contribution is 6.30. The quantitative estimate of drug-likeness (QED) is 0.815. The number of nitrogens with zero attached hydrogens (tertiary/aromatic N) is 2. The number of pyridine rings is 1. The van der Waals surface area contributed by atoms with Crippen LogP contribution in [0.5, 0.6) is 0 Å². The summed E-state index contributed by atoms with van der Waals surface area (Å²) >= 11 is 5.88. The molecule has 2 aromatic rings. The first-order chi connectivity index (χ1) is 9.66. The Morgan fingerprint density at radius 1 is 1.05 bits per heavy atom. The summed E-state index contributed by atoms with van der Waals surface area (Å²) in [5.74, 6) is -0.486. The molecule has 1 aliphatic rings. The van der Waals surface area contributed by atoms with Gasteiger partial charge in [0.1, 0.15) is 0 Å². The Kier molecular flexibility index (Phi) is 3.24. The Bertz CT molecular complexity index is 665. The third-order valence-corrected chi connectivity index (χ3v) is 3.48. The molecule has 0 saturated heterocycles. The summed E-state index contributed by atoms with van der Waals surface area (Å²) in [7, 11) is 0. The maximum Gasteiger partial charge on any atom is 0.261 e. The van der Waals surface area contributed by atoms with Gasteiger partial charge in [0.2, 0.25) is 0 Å². The molecule has 4 nitrogen and oxygen atoms in total. The molecule has 0 saturated carbocycles. The predicted octanol–water partition coefficient (Wildman–Crippen LogP) is 2.57. The average molecular weight is 287 g/mol. The van der Waals surface area contributed by atoms with Crippen molar-refractivity contribution in [3.05, 3.63) is 64.4 Å². The number of amides is 2. The Balaban J connectivity index is 1.77. The fourth-order valence-corrected chi connectivity index (χ4v) is 2.44. The standard InChI is InChI=1S/C15H11ClN2O2/c16-10-5-7-17-11(9-10)6-8-18-14(19)12-3-1-2-4-13(12)15(18)20/h1-5,7,9H,6,8H2. The fraction of sp³-hybridized carbons (Fsp3) is 0.133. The number of hydrogen-bond donors (Lipinski definition) is 0. The van der Waals surface area contributed by atoms with Crippen molar-refractivity contribution in [3.8, 4) is 0 Å². The molecule has 0 aliphatic carbocycles. The van der Waals surface area contributed by atoms with Crippen molar-refractivity contribution in [2.24, 2.45) is 0 Å². The van der Waals surface area contributed by atoms with Gasteiger partial charge in [0, 0.05) is 29.9 Å². The average Bonchev–Trinajstić information content (AvgIpc) is 2.70. The Morgan fingerprint density at radius 2 is 1.70 bits per heavy atom. The van der Waals surface area contributed by atoms with E-state index < -0.39 is 0 Å². The second kappa shape index (κ2) is 5.06. The first kappa shape index (κ1) is 12.8. The molecule has 0 unspecified atom stereocenters. The Labute approximate surface area is 121 Å². The molecule has 0 N–H and O–H groups in total. The van der Waals surface area contributed by atoms with Crippen molar-refractivity contribution < 1.29 is 9.59 Å². The maximum atomic E-state index is 12.2. The van der Waals surface area contributed by atoms with Crippen LogP contribution in [0.2, 0.25) is 5.02 Å². The second-order valence-corrected chi connectivity index (χ2v) is 4.96. The molecule has 2 amide bonds. The monoisotopic (exact) mass is 286 g/mol. The fourth-order valence-electron chi connectivity index (χ4n) is 2.25. The van der Waals surface area contributed by atoms with Gasteiger partial charge in [-0.15, -0.1) is 0 Å². The lowest BCUT2D eigenvalue weighted by Gasteiger charge is -2.13. The zero-order chi connectivity index (χ0) is 14.1. The summed E-state index contributed by atoms with van der Waals surface area (Å²) in [5.41, 5.74) is 1.70. The van der Waals surface area contributed by atoms with Crippen LogP contribution in [0.15, 0.2) is 42.6 Å². The zero-order valence-electron chi connectivity index (χ0n) is 10.5. The summed E-state index contributed by atoms with van der Waals surface area (Å²) in [4.78, 5) is 29.7. The zero-order valence-corrected chi connectivity index (χ0v) is 11.3. The van der Waals surface area contributed by atoms with Crippen LogP contribution >= 0.6 is 11.6 Å². The van der Waals surface area contributed by atoms with Crippen molar-refractivity contribution in [2.45, 2.75) is 6.42 Å². The van der Waals surface area contributed by atoms with Gasteiger partial charge in [0.05, 0.1) is 11.1 Å². The van der Waals surface area contributed by atoms with Crippen LogP contribution in [0.1, 0.15) is 26.4 Å². The highest BCUT2D eigenvalue weighted by Crippen LogP contribution is 2.22. The molecular weight excluding hydrogens is 276 g/mol. The van der Waals surface area contributed by atoms with E-state index in [0.717, 1.165) is 5.69 Å². The predicted molar refractivity (Wildman–Crippen MR) is 74.8 cm³/mol. The lowest BCUT2D eigenvalue weighted by molar-refractivity contribution is 0.0656. The van der Waals surface area contributed by atoms with Gasteiger partial charge in [-0.2, -0.15) is 0 Å². The number of fused-ring (bicyclic) bond motifs is 1. The van der Waals surface area contributed by atoms with Gasteiger partial charge < -0.3 is 0 Å². The van der Waals surface area contributed by atoms with Crippen LogP contribution in [0.25, 0.3) is 0 Å². The SMILES string of the molecule is O=C1c2ccccc2C(=O)N1CCc1cc(Cl)ccn1. The van der Waals surface area contributed by atoms with Gasteiger partial charge in [-0.3, -0.25) is 19.5 Å². The van der Waals surface area contributed by atoms with Gasteiger partial charge in [-0.05, 0) is 24.3 Å². The number of carbonyl (C=O) groups is 2. The van der Waals surface area contributed by atoms with Crippen LogP contribution in [0.3, 0.4) is 0 Å². The molecule has 1 aromatic carbocycles. The molecule has 0 radical (unpaired) electrons. The molecule has 100 valence electrons. The van der Waals surface area contributed by atoms with E-state index in [1.807, 2.05) is 0 Å². The summed E-state index contributed by atoms with van der Waals surface area (Å²) in [6.07, 6.45) is 2.10. The van der Waals surface area contributed by atoms with Gasteiger partial charge in [-0.1, -0.05) is 23.7 Å².